The third kappa shape index (κ3) is 3.84. The number of aryl methyl sites for hydroxylation is 1. The van der Waals surface area contributed by atoms with Gasteiger partial charge in [0.15, 0.2) is 11.5 Å². The van der Waals surface area contributed by atoms with Crippen LogP contribution >= 0.6 is 11.3 Å². The largest absolute Gasteiger partial charge is 0.454 e. The van der Waals surface area contributed by atoms with E-state index >= 15 is 0 Å². The first-order chi connectivity index (χ1) is 15.1. The van der Waals surface area contributed by atoms with E-state index in [0.717, 1.165) is 17.1 Å². The number of carbonyl (C=O) groups is 2. The summed E-state index contributed by atoms with van der Waals surface area (Å²) in [6, 6.07) is 13.1. The molecule has 2 aliphatic rings. The average molecular weight is 436 g/mol. The summed E-state index contributed by atoms with van der Waals surface area (Å²) in [5, 5.41) is 12.2. The van der Waals surface area contributed by atoms with Crippen LogP contribution in [-0.4, -0.2) is 35.3 Å². The zero-order valence-corrected chi connectivity index (χ0v) is 17.6. The van der Waals surface area contributed by atoms with E-state index in [9.17, 15) is 9.59 Å². The number of fused-ring (bicyclic) bond motifs is 1. The van der Waals surface area contributed by atoms with Gasteiger partial charge in [0, 0.05) is 30.1 Å². The third-order valence-corrected chi connectivity index (χ3v) is 6.43. The quantitative estimate of drug-likeness (QED) is 0.657. The number of hydrogen-bond acceptors (Lipinski definition) is 7. The number of nitrogens with one attached hydrogen (secondary N) is 1. The van der Waals surface area contributed by atoms with Gasteiger partial charge in [-0.05, 0) is 42.3 Å². The molecule has 0 saturated carbocycles. The second-order valence-electron chi connectivity index (χ2n) is 7.39. The van der Waals surface area contributed by atoms with Gasteiger partial charge in [0.1, 0.15) is 5.01 Å². The molecule has 2 aliphatic heterocycles. The van der Waals surface area contributed by atoms with Gasteiger partial charge in [-0.1, -0.05) is 30.4 Å². The zero-order chi connectivity index (χ0) is 21.4. The van der Waals surface area contributed by atoms with Crippen molar-refractivity contribution >= 4 is 34.0 Å². The summed E-state index contributed by atoms with van der Waals surface area (Å²) in [4.78, 5) is 26.9. The predicted molar refractivity (Wildman–Crippen MR) is 116 cm³/mol. The number of nitrogens with zero attached hydrogens (tertiary/aromatic N) is 3. The Labute approximate surface area is 182 Å². The Balaban J connectivity index is 1.26. The van der Waals surface area contributed by atoms with E-state index in [4.69, 9.17) is 9.47 Å². The number of benzene rings is 2. The summed E-state index contributed by atoms with van der Waals surface area (Å²) in [6.07, 6.45) is 1.34. The second kappa shape index (κ2) is 7.99. The van der Waals surface area contributed by atoms with E-state index in [1.54, 1.807) is 23.1 Å². The van der Waals surface area contributed by atoms with Gasteiger partial charge in [0.25, 0.3) is 5.91 Å². The molecule has 0 radical (unpaired) electrons. The highest BCUT2D eigenvalue weighted by Gasteiger charge is 2.34. The van der Waals surface area contributed by atoms with Crippen molar-refractivity contribution in [3.63, 3.8) is 0 Å². The highest BCUT2D eigenvalue weighted by Crippen LogP contribution is 2.35. The normalized spacial score (nSPS) is 17.3. The van der Waals surface area contributed by atoms with Crippen LogP contribution in [0.15, 0.2) is 42.5 Å². The molecule has 3 aromatic rings. The summed E-state index contributed by atoms with van der Waals surface area (Å²) in [5.41, 5.74) is 2.57. The van der Waals surface area contributed by atoms with E-state index in [1.165, 1.54) is 16.9 Å². The zero-order valence-electron chi connectivity index (χ0n) is 16.8. The molecule has 1 saturated heterocycles. The number of ether oxygens (including phenoxy) is 2. The number of aromatic nitrogens is 2. The molecule has 1 N–H and O–H groups in total. The summed E-state index contributed by atoms with van der Waals surface area (Å²) in [6.45, 7) is 2.81. The van der Waals surface area contributed by atoms with E-state index in [2.05, 4.69) is 22.4 Å². The molecule has 2 aromatic carbocycles. The second-order valence-corrected chi connectivity index (χ2v) is 8.40. The lowest BCUT2D eigenvalue weighted by atomic mass is 10.1. The lowest BCUT2D eigenvalue weighted by Crippen LogP contribution is -2.24. The lowest BCUT2D eigenvalue weighted by molar-refractivity contribution is -0.117. The first kappa shape index (κ1) is 19.5. The first-order valence-electron chi connectivity index (χ1n) is 10.0. The van der Waals surface area contributed by atoms with Crippen molar-refractivity contribution < 1.29 is 19.1 Å². The molecule has 0 spiro atoms. The number of anilines is 2. The molecule has 9 heteroatoms. The van der Waals surface area contributed by atoms with Crippen molar-refractivity contribution in [3.8, 4) is 11.5 Å². The third-order valence-electron chi connectivity index (χ3n) is 5.43. The minimum Gasteiger partial charge on any atom is -0.454 e. The predicted octanol–water partition coefficient (Wildman–Crippen LogP) is 3.60. The Morgan fingerprint density at radius 3 is 2.77 bits per heavy atom. The van der Waals surface area contributed by atoms with Crippen molar-refractivity contribution in [2.24, 2.45) is 0 Å². The van der Waals surface area contributed by atoms with Gasteiger partial charge in [-0.2, -0.15) is 0 Å². The molecular weight excluding hydrogens is 416 g/mol. The fourth-order valence-corrected chi connectivity index (χ4v) is 4.52. The van der Waals surface area contributed by atoms with Crippen LogP contribution in [0.4, 0.5) is 10.8 Å². The minimum atomic E-state index is -0.305. The molecule has 3 heterocycles. The van der Waals surface area contributed by atoms with E-state index in [-0.39, 0.29) is 24.5 Å². The van der Waals surface area contributed by atoms with Gasteiger partial charge < -0.3 is 14.4 Å². The number of amides is 2. The fraction of sp³-hybridized carbons (Fsp3) is 0.273. The summed E-state index contributed by atoms with van der Waals surface area (Å²) in [5.74, 6) is 0.875. The van der Waals surface area contributed by atoms with Crippen LogP contribution in [-0.2, 0) is 11.2 Å². The highest BCUT2D eigenvalue weighted by molar-refractivity contribution is 7.15. The van der Waals surface area contributed by atoms with Gasteiger partial charge in [-0.15, -0.1) is 10.2 Å². The fourth-order valence-electron chi connectivity index (χ4n) is 3.69. The van der Waals surface area contributed by atoms with Crippen molar-refractivity contribution in [2.75, 3.05) is 23.6 Å². The minimum absolute atomic E-state index is 0.0490. The molecule has 8 nitrogen and oxygen atoms in total. The molecule has 0 unspecified atom stereocenters. The number of rotatable bonds is 5. The maximum Gasteiger partial charge on any atom is 0.257 e. The van der Waals surface area contributed by atoms with Gasteiger partial charge in [-0.25, -0.2) is 0 Å². The van der Waals surface area contributed by atoms with Gasteiger partial charge in [0.05, 0.1) is 0 Å². The molecule has 5 rings (SSSR count). The van der Waals surface area contributed by atoms with Gasteiger partial charge >= 0.3 is 0 Å². The Hall–Kier alpha value is -3.46. The molecule has 1 fully saturated rings. The van der Waals surface area contributed by atoms with Crippen LogP contribution in [0.5, 0.6) is 11.5 Å². The molecule has 1 aromatic heterocycles. The average Bonchev–Trinajstić information content (AvgIpc) is 3.53. The molecule has 2 amide bonds. The Kier molecular flexibility index (Phi) is 5.03. The molecular formula is C22H20N4O4S. The van der Waals surface area contributed by atoms with E-state index in [0.29, 0.717) is 35.2 Å². The topological polar surface area (TPSA) is 93.7 Å². The molecule has 0 aliphatic carbocycles. The summed E-state index contributed by atoms with van der Waals surface area (Å²) in [7, 11) is 0. The maximum atomic E-state index is 12.6. The van der Waals surface area contributed by atoms with Crippen molar-refractivity contribution in [1.82, 2.24) is 10.2 Å². The van der Waals surface area contributed by atoms with Crippen molar-refractivity contribution in [2.45, 2.75) is 25.7 Å². The number of hydrogen-bond donors (Lipinski definition) is 1. The van der Waals surface area contributed by atoms with Crippen LogP contribution in [0.2, 0.25) is 0 Å². The van der Waals surface area contributed by atoms with E-state index in [1.807, 2.05) is 24.3 Å². The Morgan fingerprint density at radius 1 is 1.16 bits per heavy atom. The molecule has 158 valence electrons. The molecule has 0 bridgehead atoms. The van der Waals surface area contributed by atoms with Crippen LogP contribution in [0.25, 0.3) is 0 Å². The van der Waals surface area contributed by atoms with Gasteiger partial charge in [0.2, 0.25) is 17.8 Å². The standard InChI is InChI=1S/C22H20N4O4S/c1-2-13-3-6-16(7-4-13)26-11-15(10-19(26)27)21-24-25-22(31-21)23-20(28)14-5-8-17-18(9-14)30-12-29-17/h3-9,15H,2,10-12H2,1H3,(H,23,25,28)/t15-/m0/s1. The van der Waals surface area contributed by atoms with E-state index < -0.39 is 0 Å². The summed E-state index contributed by atoms with van der Waals surface area (Å²) < 4.78 is 10.6. The Morgan fingerprint density at radius 2 is 1.97 bits per heavy atom. The first-order valence-corrected chi connectivity index (χ1v) is 10.9. The van der Waals surface area contributed by atoms with Crippen molar-refractivity contribution in [3.05, 3.63) is 58.6 Å². The SMILES string of the molecule is CCc1ccc(N2C[C@@H](c3nnc(NC(=O)c4ccc5c(c4)OCO5)s3)CC2=O)cc1. The van der Waals surface area contributed by atoms with Gasteiger partial charge in [-0.3, -0.25) is 14.9 Å². The van der Waals surface area contributed by atoms with Crippen molar-refractivity contribution in [1.29, 1.82) is 0 Å². The van der Waals surface area contributed by atoms with Crippen LogP contribution in [0.3, 0.4) is 0 Å². The van der Waals surface area contributed by atoms with Crippen LogP contribution in [0, 0.1) is 0 Å². The lowest BCUT2D eigenvalue weighted by Gasteiger charge is -2.16. The highest BCUT2D eigenvalue weighted by atomic mass is 32.1. The van der Waals surface area contributed by atoms with Crippen LogP contribution in [0.1, 0.15) is 40.2 Å². The molecule has 31 heavy (non-hydrogen) atoms. The summed E-state index contributed by atoms with van der Waals surface area (Å²) >= 11 is 1.29. The molecule has 1 atom stereocenters. The van der Waals surface area contributed by atoms with Crippen LogP contribution < -0.4 is 19.7 Å². The smallest absolute Gasteiger partial charge is 0.257 e. The monoisotopic (exact) mass is 436 g/mol. The Bertz CT molecular complexity index is 1140. The maximum absolute atomic E-state index is 12.6. The number of carbonyl (C=O) groups excluding carboxylic acids is 2.